The minimum atomic E-state index is -0.758. The van der Waals surface area contributed by atoms with Crippen molar-refractivity contribution in [3.05, 3.63) is 65.0 Å². The van der Waals surface area contributed by atoms with Gasteiger partial charge in [0.15, 0.2) is 17.1 Å². The third-order valence-electron chi connectivity index (χ3n) is 7.18. The summed E-state index contributed by atoms with van der Waals surface area (Å²) in [6.45, 7) is 0.194. The van der Waals surface area contributed by atoms with Crippen molar-refractivity contribution in [1.29, 1.82) is 0 Å². The third-order valence-corrected chi connectivity index (χ3v) is 7.18. The number of phenolic OH excluding ortho intramolecular Hbond substituents is 2. The Morgan fingerprint density at radius 3 is 2.53 bits per heavy atom. The van der Waals surface area contributed by atoms with Gasteiger partial charge in [-0.25, -0.2) is 0 Å². The zero-order chi connectivity index (χ0) is 25.3. The van der Waals surface area contributed by atoms with Crippen LogP contribution in [0.25, 0.3) is 0 Å². The first kappa shape index (κ1) is 24.1. The minimum Gasteiger partial charge on any atom is -0.670 e. The Morgan fingerprint density at radius 2 is 1.86 bits per heavy atom. The number of hydrogen-bond acceptors (Lipinski definition) is 6. The predicted molar refractivity (Wildman–Crippen MR) is 133 cm³/mol. The van der Waals surface area contributed by atoms with Gasteiger partial charge in [0.2, 0.25) is 5.75 Å². The summed E-state index contributed by atoms with van der Waals surface area (Å²) in [5.41, 5.74) is 1.67. The summed E-state index contributed by atoms with van der Waals surface area (Å²) in [6, 6.07) is 8.45. The molecule has 1 aliphatic carbocycles. The van der Waals surface area contributed by atoms with E-state index in [9.17, 15) is 20.1 Å². The van der Waals surface area contributed by atoms with Crippen LogP contribution in [0.15, 0.2) is 42.7 Å². The highest BCUT2D eigenvalue weighted by molar-refractivity contribution is 6.05. The second kappa shape index (κ2) is 9.78. The van der Waals surface area contributed by atoms with Gasteiger partial charge in [-0.15, -0.1) is 0 Å². The summed E-state index contributed by atoms with van der Waals surface area (Å²) >= 11 is 0. The van der Waals surface area contributed by atoms with E-state index in [0.29, 0.717) is 29.7 Å². The van der Waals surface area contributed by atoms with E-state index in [1.807, 2.05) is 6.07 Å². The maximum absolute atomic E-state index is 11.3. The molecule has 0 saturated heterocycles. The van der Waals surface area contributed by atoms with Crippen LogP contribution in [0.2, 0.25) is 0 Å². The van der Waals surface area contributed by atoms with Crippen LogP contribution in [0.3, 0.4) is 0 Å². The molecular weight excluding hydrogens is 462 g/mol. The third kappa shape index (κ3) is 4.60. The van der Waals surface area contributed by atoms with E-state index in [0.717, 1.165) is 36.8 Å². The molecule has 0 spiro atoms. The Labute approximate surface area is 209 Å². The number of ether oxygens (including phenoxy) is 3. The van der Waals surface area contributed by atoms with Crippen molar-refractivity contribution in [3.63, 3.8) is 0 Å². The van der Waals surface area contributed by atoms with Gasteiger partial charge in [-0.1, -0.05) is 36.6 Å². The number of nitrogens with zero attached hydrogens (tertiary/aromatic N) is 1. The van der Waals surface area contributed by atoms with Gasteiger partial charge in [0.25, 0.3) is 0 Å². The van der Waals surface area contributed by atoms with Crippen molar-refractivity contribution >= 4 is 5.78 Å². The molecule has 8 nitrogen and oxygen atoms in total. The molecule has 2 aromatic carbocycles. The number of methoxy groups -OCH3 is 1. The highest BCUT2D eigenvalue weighted by Gasteiger charge is 2.41. The molecule has 36 heavy (non-hydrogen) atoms. The van der Waals surface area contributed by atoms with E-state index >= 15 is 0 Å². The largest absolute Gasteiger partial charge is 0.670 e. The van der Waals surface area contributed by atoms with Gasteiger partial charge in [-0.05, 0) is 30.5 Å². The number of rotatable bonds is 8. The summed E-state index contributed by atoms with van der Waals surface area (Å²) < 4.78 is 18.1. The van der Waals surface area contributed by atoms with Crippen LogP contribution in [0, 0.1) is 0 Å². The van der Waals surface area contributed by atoms with E-state index in [4.69, 9.17) is 14.2 Å². The monoisotopic (exact) mass is 493 g/mol. The Morgan fingerprint density at radius 1 is 1.11 bits per heavy atom. The van der Waals surface area contributed by atoms with Gasteiger partial charge in [-0.3, -0.25) is 4.79 Å². The first-order valence-corrected chi connectivity index (χ1v) is 12.3. The molecule has 2 heterocycles. The smallest absolute Gasteiger partial charge is 0.335 e. The highest BCUT2D eigenvalue weighted by atomic mass is 16.5. The molecule has 1 aromatic heterocycles. The second-order valence-electron chi connectivity index (χ2n) is 9.62. The molecule has 190 valence electrons. The maximum Gasteiger partial charge on any atom is 0.335 e. The lowest BCUT2D eigenvalue weighted by Gasteiger charge is -2.29. The molecule has 4 N–H and O–H groups in total. The molecule has 1 fully saturated rings. The molecule has 1 atom stereocenters. The number of ketones is 1. The van der Waals surface area contributed by atoms with Crippen LogP contribution >= 0.6 is 0 Å². The van der Waals surface area contributed by atoms with E-state index in [-0.39, 0.29) is 41.8 Å². The van der Waals surface area contributed by atoms with Crippen LogP contribution in [0.5, 0.6) is 28.7 Å². The fraction of sp³-hybridized carbons (Fsp3) is 0.393. The number of carbonyl (C=O) groups excluding carboxylic acids is 1. The van der Waals surface area contributed by atoms with Crippen molar-refractivity contribution in [3.8, 4) is 28.7 Å². The lowest BCUT2D eigenvalue weighted by molar-refractivity contribution is 0.0253. The van der Waals surface area contributed by atoms with Crippen molar-refractivity contribution in [2.24, 2.45) is 0 Å². The Hall–Kier alpha value is -3.65. The quantitative estimate of drug-likeness (QED) is 0.403. The first-order valence-electron chi connectivity index (χ1n) is 12.3. The number of benzene rings is 2. The predicted octanol–water partition coefficient (Wildman–Crippen LogP) is 4.15. The highest BCUT2D eigenvalue weighted by Crippen LogP contribution is 2.53. The zero-order valence-corrected chi connectivity index (χ0v) is 20.2. The number of fused-ring (bicyclic) bond motifs is 1. The van der Waals surface area contributed by atoms with Gasteiger partial charge < -0.3 is 34.5 Å². The molecule has 1 saturated carbocycles. The second-order valence-corrected chi connectivity index (χ2v) is 9.62. The van der Waals surface area contributed by atoms with Gasteiger partial charge in [0.05, 0.1) is 19.3 Å². The lowest BCUT2D eigenvalue weighted by atomic mass is 9.91. The number of aromatic nitrogens is 1. The first-order chi connectivity index (χ1) is 17.4. The molecule has 5 rings (SSSR count). The van der Waals surface area contributed by atoms with Crippen LogP contribution in [0.4, 0.5) is 0 Å². The Kier molecular flexibility index (Phi) is 6.53. The molecule has 1 aliphatic heterocycles. The molecule has 8 heteroatoms. The summed E-state index contributed by atoms with van der Waals surface area (Å²) in [6.07, 6.45) is 7.20. The van der Waals surface area contributed by atoms with Crippen LogP contribution in [-0.4, -0.2) is 45.2 Å². The topological polar surface area (TPSA) is 124 Å². The van der Waals surface area contributed by atoms with E-state index in [2.05, 4.69) is 4.98 Å². The summed E-state index contributed by atoms with van der Waals surface area (Å²) in [4.78, 5) is 15.4. The number of hydrogen-bond donors (Lipinski definition) is 3. The molecule has 3 aromatic rings. The van der Waals surface area contributed by atoms with Gasteiger partial charge in [-0.2, -0.15) is 12.4 Å². The maximum atomic E-state index is 11.3. The van der Waals surface area contributed by atoms with Crippen molar-refractivity contribution in [2.45, 2.75) is 56.7 Å². The van der Waals surface area contributed by atoms with Gasteiger partial charge in [0.1, 0.15) is 24.0 Å². The minimum absolute atomic E-state index is 0.0454. The lowest BCUT2D eigenvalue weighted by Crippen LogP contribution is -2.27. The SMILES string of the molecule is COc1c(O)c(Cc2cc[n-]c2)c2c(c1OCCC1(O)CCCC1)C(=[OH+])CC(c1ccc(O)cc1)O2. The molecule has 0 radical (unpaired) electrons. The average Bonchev–Trinajstić information content (AvgIpc) is 3.54. The van der Waals surface area contributed by atoms with E-state index < -0.39 is 11.7 Å². The van der Waals surface area contributed by atoms with Crippen LogP contribution < -0.4 is 19.2 Å². The standard InChI is InChI=1S/C28H30NO7/c1-34-27-24(32)20(14-17-8-12-29-16-17)25-23(26(27)35-13-11-28(33)9-2-3-10-28)21(31)15-22(36-25)18-4-6-19(30)7-5-18/h4-8,12,16,22,30,33H,2-3,9-11,13-15H2,1H3,(H,31,32)/q-1/p+1. The normalized spacial score (nSPS) is 18.5. The van der Waals surface area contributed by atoms with Crippen LogP contribution in [-0.2, 0) is 6.42 Å². The Bertz CT molecular complexity index is 1230. The van der Waals surface area contributed by atoms with E-state index in [1.165, 1.54) is 7.11 Å². The van der Waals surface area contributed by atoms with E-state index in [1.54, 1.807) is 36.7 Å². The average molecular weight is 494 g/mol. The van der Waals surface area contributed by atoms with Crippen LogP contribution in [0.1, 0.15) is 66.9 Å². The Balaban J connectivity index is 1.55. The molecule has 0 amide bonds. The molecule has 1 unspecified atom stereocenters. The van der Waals surface area contributed by atoms with Gasteiger partial charge >= 0.3 is 5.78 Å². The zero-order valence-electron chi connectivity index (χ0n) is 20.2. The van der Waals surface area contributed by atoms with Crippen molar-refractivity contribution in [2.75, 3.05) is 13.7 Å². The number of aliphatic hydroxyl groups is 1. The number of phenols is 2. The number of aromatic hydroxyl groups is 2. The molecule has 2 aliphatic rings. The fourth-order valence-corrected chi connectivity index (χ4v) is 5.19. The van der Waals surface area contributed by atoms with Crippen molar-refractivity contribution < 1.29 is 34.3 Å². The molecular formula is C28H31NO7. The van der Waals surface area contributed by atoms with Gasteiger partial charge in [0, 0.05) is 18.4 Å². The summed E-state index contributed by atoms with van der Waals surface area (Å²) in [5, 5.41) is 31.7. The van der Waals surface area contributed by atoms with Crippen molar-refractivity contribution in [1.82, 2.24) is 4.98 Å². The fourth-order valence-electron chi connectivity index (χ4n) is 5.19. The summed E-state index contributed by atoms with van der Waals surface area (Å²) in [5.74, 6) is 0.660. The summed E-state index contributed by atoms with van der Waals surface area (Å²) in [7, 11) is 1.44. The molecule has 0 bridgehead atoms.